The van der Waals surface area contributed by atoms with E-state index in [1.165, 1.54) is 12.1 Å². The van der Waals surface area contributed by atoms with Gasteiger partial charge in [0.15, 0.2) is 5.82 Å². The van der Waals surface area contributed by atoms with Crippen molar-refractivity contribution < 1.29 is 9.18 Å². The molecule has 2 aromatic carbocycles. The van der Waals surface area contributed by atoms with Gasteiger partial charge in [-0.1, -0.05) is 50.9 Å². The maximum Gasteiger partial charge on any atom is 0.234 e. The highest BCUT2D eigenvalue weighted by Gasteiger charge is 2.13. The van der Waals surface area contributed by atoms with Crippen LogP contribution in [0.3, 0.4) is 0 Å². The molecule has 0 unspecified atom stereocenters. The number of anilines is 1. The number of rotatable bonds is 5. The Kier molecular flexibility index (Phi) is 6.18. The van der Waals surface area contributed by atoms with Crippen LogP contribution in [0, 0.1) is 5.82 Å². The quantitative estimate of drug-likeness (QED) is 0.484. The number of H-pyrrole nitrogens is 1. The monoisotopic (exact) mass is 474 g/mol. The summed E-state index contributed by atoms with van der Waals surface area (Å²) in [6.45, 7) is 0. The number of nitrogens with zero attached hydrogens (tertiary/aromatic N) is 2. The lowest BCUT2D eigenvalue weighted by Gasteiger charge is -2.05. The van der Waals surface area contributed by atoms with Crippen LogP contribution < -0.4 is 5.32 Å². The van der Waals surface area contributed by atoms with E-state index in [0.29, 0.717) is 31.1 Å². The minimum Gasteiger partial charge on any atom is -0.323 e. The van der Waals surface area contributed by atoms with E-state index in [2.05, 4.69) is 36.4 Å². The SMILES string of the molecule is O=C(CSc1n[nH]c(-c2cc(Cl)ccc2Cl)n1)Nc1ccc(Br)cc1F. The third kappa shape index (κ3) is 4.76. The van der Waals surface area contributed by atoms with Crippen LogP contribution in [0.15, 0.2) is 46.0 Å². The Hall–Kier alpha value is -1.61. The van der Waals surface area contributed by atoms with Gasteiger partial charge in [0.2, 0.25) is 11.1 Å². The Morgan fingerprint density at radius 3 is 2.85 bits per heavy atom. The molecule has 0 bridgehead atoms. The summed E-state index contributed by atoms with van der Waals surface area (Å²) in [4.78, 5) is 16.3. The van der Waals surface area contributed by atoms with Crippen LogP contribution in [0.2, 0.25) is 10.0 Å². The van der Waals surface area contributed by atoms with Gasteiger partial charge in [0.25, 0.3) is 0 Å². The van der Waals surface area contributed by atoms with Crippen molar-refractivity contribution >= 4 is 62.5 Å². The molecule has 0 saturated carbocycles. The van der Waals surface area contributed by atoms with Gasteiger partial charge in [0.1, 0.15) is 5.82 Å². The predicted octanol–water partition coefficient (Wildman–Crippen LogP) is 5.41. The maximum atomic E-state index is 13.7. The Bertz CT molecular complexity index is 969. The van der Waals surface area contributed by atoms with E-state index in [4.69, 9.17) is 23.2 Å². The third-order valence-corrected chi connectivity index (χ3v) is 5.09. The fraction of sp³-hybridized carbons (Fsp3) is 0.0625. The lowest BCUT2D eigenvalue weighted by molar-refractivity contribution is -0.113. The number of amides is 1. The van der Waals surface area contributed by atoms with E-state index >= 15 is 0 Å². The van der Waals surface area contributed by atoms with Crippen LogP contribution >= 0.6 is 50.9 Å². The van der Waals surface area contributed by atoms with Crippen LogP contribution in [-0.4, -0.2) is 26.8 Å². The number of halogens is 4. The summed E-state index contributed by atoms with van der Waals surface area (Å²) in [5.74, 6) is -0.424. The van der Waals surface area contributed by atoms with Gasteiger partial charge < -0.3 is 5.32 Å². The summed E-state index contributed by atoms with van der Waals surface area (Å²) >= 11 is 16.4. The first-order valence-corrected chi connectivity index (χ1v) is 9.71. The molecule has 5 nitrogen and oxygen atoms in total. The highest BCUT2D eigenvalue weighted by atomic mass is 79.9. The van der Waals surface area contributed by atoms with Gasteiger partial charge in [-0.3, -0.25) is 9.89 Å². The van der Waals surface area contributed by atoms with Crippen LogP contribution in [0.1, 0.15) is 0 Å². The van der Waals surface area contributed by atoms with E-state index in [1.54, 1.807) is 24.3 Å². The van der Waals surface area contributed by atoms with Crippen molar-refractivity contribution in [1.29, 1.82) is 0 Å². The smallest absolute Gasteiger partial charge is 0.234 e. The molecule has 0 fully saturated rings. The number of thioether (sulfide) groups is 1. The first-order chi connectivity index (χ1) is 12.4. The number of nitrogens with one attached hydrogen (secondary N) is 2. The van der Waals surface area contributed by atoms with Crippen LogP contribution in [0.4, 0.5) is 10.1 Å². The van der Waals surface area contributed by atoms with Crippen molar-refractivity contribution in [2.45, 2.75) is 5.16 Å². The molecular weight excluding hydrogens is 466 g/mol. The van der Waals surface area contributed by atoms with E-state index < -0.39 is 5.82 Å². The summed E-state index contributed by atoms with van der Waals surface area (Å²) in [7, 11) is 0. The summed E-state index contributed by atoms with van der Waals surface area (Å²) in [5.41, 5.74) is 0.722. The second-order valence-electron chi connectivity index (χ2n) is 5.05. The predicted molar refractivity (Wildman–Crippen MR) is 105 cm³/mol. The van der Waals surface area contributed by atoms with Gasteiger partial charge in [-0.05, 0) is 36.4 Å². The molecule has 0 spiro atoms. The molecule has 3 aromatic rings. The summed E-state index contributed by atoms with van der Waals surface area (Å²) in [6, 6.07) is 9.40. The Labute approximate surface area is 170 Å². The maximum absolute atomic E-state index is 13.7. The average molecular weight is 476 g/mol. The molecular formula is C16H10BrCl2FN4OS. The molecule has 0 aliphatic carbocycles. The molecule has 26 heavy (non-hydrogen) atoms. The molecule has 134 valence electrons. The molecule has 0 atom stereocenters. The molecule has 0 aliphatic heterocycles. The zero-order chi connectivity index (χ0) is 18.7. The van der Waals surface area contributed by atoms with Crippen molar-refractivity contribution in [2.75, 3.05) is 11.1 Å². The number of hydrogen-bond donors (Lipinski definition) is 2. The van der Waals surface area contributed by atoms with Gasteiger partial charge in [-0.25, -0.2) is 9.37 Å². The standard InChI is InChI=1S/C16H10BrCl2FN4OS/c17-8-1-4-13(12(20)5-8)21-14(25)7-26-16-22-15(23-24-16)10-6-9(18)2-3-11(10)19/h1-6H,7H2,(H,21,25)(H,22,23,24). The van der Waals surface area contributed by atoms with Crippen molar-refractivity contribution in [2.24, 2.45) is 0 Å². The van der Waals surface area contributed by atoms with Gasteiger partial charge in [-0.2, -0.15) is 0 Å². The van der Waals surface area contributed by atoms with E-state index in [1.807, 2.05) is 0 Å². The molecule has 0 aliphatic rings. The minimum atomic E-state index is -0.520. The van der Waals surface area contributed by atoms with Crippen molar-refractivity contribution in [1.82, 2.24) is 15.2 Å². The zero-order valence-corrected chi connectivity index (χ0v) is 16.8. The van der Waals surface area contributed by atoms with E-state index in [0.717, 1.165) is 11.8 Å². The second-order valence-corrected chi connectivity index (χ2v) is 7.75. The fourth-order valence-corrected chi connectivity index (χ4v) is 3.33. The Morgan fingerprint density at radius 1 is 1.27 bits per heavy atom. The van der Waals surface area contributed by atoms with Gasteiger partial charge in [0.05, 0.1) is 16.5 Å². The molecule has 2 N–H and O–H groups in total. The summed E-state index contributed by atoms with van der Waals surface area (Å²) in [6.07, 6.45) is 0. The Balaban J connectivity index is 1.62. The van der Waals surface area contributed by atoms with Gasteiger partial charge >= 0.3 is 0 Å². The number of hydrogen-bond acceptors (Lipinski definition) is 4. The molecule has 1 heterocycles. The number of aromatic amines is 1. The van der Waals surface area contributed by atoms with E-state index in [-0.39, 0.29) is 17.3 Å². The first kappa shape index (κ1) is 19.2. The lowest BCUT2D eigenvalue weighted by Crippen LogP contribution is -2.15. The Morgan fingerprint density at radius 2 is 2.08 bits per heavy atom. The minimum absolute atomic E-state index is 0.0239. The van der Waals surface area contributed by atoms with Crippen molar-refractivity contribution in [3.05, 3.63) is 56.7 Å². The topological polar surface area (TPSA) is 70.7 Å². The second kappa shape index (κ2) is 8.39. The number of benzene rings is 2. The number of carbonyl (C=O) groups is 1. The van der Waals surface area contributed by atoms with Crippen molar-refractivity contribution in [3.8, 4) is 11.4 Å². The van der Waals surface area contributed by atoms with Crippen molar-refractivity contribution in [3.63, 3.8) is 0 Å². The normalized spacial score (nSPS) is 10.8. The molecule has 3 rings (SSSR count). The van der Waals surface area contributed by atoms with Crippen LogP contribution in [0.25, 0.3) is 11.4 Å². The number of carbonyl (C=O) groups excluding carboxylic acids is 1. The van der Waals surface area contributed by atoms with Crippen LogP contribution in [-0.2, 0) is 4.79 Å². The molecule has 1 amide bonds. The largest absolute Gasteiger partial charge is 0.323 e. The number of aromatic nitrogens is 3. The molecule has 1 aromatic heterocycles. The molecule has 0 saturated heterocycles. The highest BCUT2D eigenvalue weighted by molar-refractivity contribution is 9.10. The third-order valence-electron chi connectivity index (χ3n) is 3.19. The molecule has 0 radical (unpaired) electrons. The fourth-order valence-electron chi connectivity index (χ4n) is 2.02. The lowest BCUT2D eigenvalue weighted by atomic mass is 10.2. The first-order valence-electron chi connectivity index (χ1n) is 7.18. The van der Waals surface area contributed by atoms with Crippen LogP contribution in [0.5, 0.6) is 0 Å². The average Bonchev–Trinajstić information content (AvgIpc) is 3.06. The zero-order valence-electron chi connectivity index (χ0n) is 12.9. The highest BCUT2D eigenvalue weighted by Crippen LogP contribution is 2.29. The molecule has 10 heteroatoms. The summed E-state index contributed by atoms with van der Waals surface area (Å²) in [5, 5.41) is 10.7. The van der Waals surface area contributed by atoms with Gasteiger partial charge in [0, 0.05) is 15.1 Å². The van der Waals surface area contributed by atoms with E-state index in [9.17, 15) is 9.18 Å². The summed E-state index contributed by atoms with van der Waals surface area (Å²) < 4.78 is 14.3. The van der Waals surface area contributed by atoms with Gasteiger partial charge in [-0.15, -0.1) is 5.10 Å².